The average Bonchev–Trinajstić information content (AvgIpc) is 3.74. The van der Waals surface area contributed by atoms with Crippen molar-refractivity contribution in [3.05, 3.63) is 83.2 Å². The zero-order valence-electron chi connectivity index (χ0n) is 28.2. The number of nitrogens with two attached hydrogens (primary N) is 1. The van der Waals surface area contributed by atoms with E-state index in [1.807, 2.05) is 18.7 Å². The van der Waals surface area contributed by atoms with E-state index in [0.717, 1.165) is 56.2 Å². The van der Waals surface area contributed by atoms with Gasteiger partial charge in [-0.2, -0.15) is 13.4 Å². The molecular formula is C34H42F3N7O5S. The predicted octanol–water partition coefficient (Wildman–Crippen LogP) is 5.33. The molecule has 0 unspecified atom stereocenters. The van der Waals surface area contributed by atoms with Crippen LogP contribution in [0.25, 0.3) is 0 Å². The fourth-order valence-electron chi connectivity index (χ4n) is 6.18. The molecule has 0 aliphatic carbocycles. The Morgan fingerprint density at radius 2 is 1.68 bits per heavy atom. The summed E-state index contributed by atoms with van der Waals surface area (Å²) >= 11 is 0. The molecule has 12 nitrogen and oxygen atoms in total. The van der Waals surface area contributed by atoms with E-state index in [9.17, 15) is 21.6 Å². The van der Waals surface area contributed by atoms with Gasteiger partial charge in [-0.3, -0.25) is 4.55 Å². The van der Waals surface area contributed by atoms with Crippen LogP contribution in [0.2, 0.25) is 0 Å². The third-order valence-corrected chi connectivity index (χ3v) is 10.1. The molecule has 0 bridgehead atoms. The van der Waals surface area contributed by atoms with Crippen LogP contribution in [0, 0.1) is 36.2 Å². The van der Waals surface area contributed by atoms with Gasteiger partial charge in [-0.05, 0) is 61.8 Å². The van der Waals surface area contributed by atoms with Gasteiger partial charge in [0.05, 0.1) is 23.9 Å². The van der Waals surface area contributed by atoms with Crippen LogP contribution in [-0.2, 0) is 16.5 Å². The minimum Gasteiger partial charge on any atom is -0.490 e. The Bertz CT molecular complexity index is 1820. The SMILES string of the molecule is CCc1noc(N2CCC([C@H](C)CCOc3cnc(N4C[C@@H](N)[C@H](c5cc(F)c(F)cc5F)C4)nc3)CC2)n1.Cc1ccc(S(=O)(=O)O)cc1. The van der Waals surface area contributed by atoms with Crippen molar-refractivity contribution in [3.8, 4) is 5.75 Å². The molecule has 0 spiro atoms. The molecule has 6 rings (SSSR count). The van der Waals surface area contributed by atoms with E-state index >= 15 is 0 Å². The van der Waals surface area contributed by atoms with Crippen molar-refractivity contribution < 1.29 is 35.4 Å². The molecule has 2 aliphatic heterocycles. The molecule has 16 heteroatoms. The lowest BCUT2D eigenvalue weighted by atomic mass is 9.84. The van der Waals surface area contributed by atoms with E-state index in [4.69, 9.17) is 19.5 Å². The number of aryl methyl sites for hydroxylation is 2. The summed E-state index contributed by atoms with van der Waals surface area (Å²) in [5, 5.41) is 3.99. The van der Waals surface area contributed by atoms with E-state index in [2.05, 4.69) is 31.9 Å². The van der Waals surface area contributed by atoms with Crippen LogP contribution < -0.4 is 20.3 Å². The van der Waals surface area contributed by atoms with Crippen molar-refractivity contribution >= 4 is 22.1 Å². The van der Waals surface area contributed by atoms with Gasteiger partial charge in [0, 0.05) is 50.6 Å². The second-order valence-corrected chi connectivity index (χ2v) is 14.2. The summed E-state index contributed by atoms with van der Waals surface area (Å²) in [5.41, 5.74) is 7.22. The Balaban J connectivity index is 0.000000377. The van der Waals surface area contributed by atoms with Crippen LogP contribution in [0.3, 0.4) is 0 Å². The molecule has 3 atom stereocenters. The molecule has 2 aromatic heterocycles. The highest BCUT2D eigenvalue weighted by atomic mass is 32.2. The number of hydrogen-bond acceptors (Lipinski definition) is 11. The minimum atomic E-state index is -4.02. The van der Waals surface area contributed by atoms with Crippen molar-refractivity contribution in [3.63, 3.8) is 0 Å². The predicted molar refractivity (Wildman–Crippen MR) is 180 cm³/mol. The number of halogens is 3. The van der Waals surface area contributed by atoms with E-state index in [0.29, 0.717) is 55.3 Å². The molecule has 0 saturated carbocycles. The maximum absolute atomic E-state index is 14.3. The van der Waals surface area contributed by atoms with E-state index < -0.39 is 39.5 Å². The van der Waals surface area contributed by atoms with E-state index in [1.54, 1.807) is 24.5 Å². The molecule has 270 valence electrons. The largest absolute Gasteiger partial charge is 0.490 e. The van der Waals surface area contributed by atoms with Gasteiger partial charge in [0.2, 0.25) is 5.95 Å². The Morgan fingerprint density at radius 1 is 1.02 bits per heavy atom. The van der Waals surface area contributed by atoms with Gasteiger partial charge in [-0.15, -0.1) is 0 Å². The van der Waals surface area contributed by atoms with Crippen LogP contribution in [0.4, 0.5) is 25.1 Å². The second-order valence-electron chi connectivity index (χ2n) is 12.8. The van der Waals surface area contributed by atoms with Gasteiger partial charge in [0.15, 0.2) is 23.2 Å². The summed E-state index contributed by atoms with van der Waals surface area (Å²) in [6.07, 6.45) is 7.02. The number of rotatable bonds is 10. The topological polar surface area (TPSA) is 161 Å². The first kappa shape index (κ1) is 37.0. The highest BCUT2D eigenvalue weighted by molar-refractivity contribution is 7.85. The molecule has 0 amide bonds. The Kier molecular flexibility index (Phi) is 12.0. The molecule has 4 aromatic rings. The fraction of sp³-hybridized carbons (Fsp3) is 0.471. The third-order valence-electron chi connectivity index (χ3n) is 9.25. The van der Waals surface area contributed by atoms with Gasteiger partial charge in [0.25, 0.3) is 10.1 Å². The molecule has 2 fully saturated rings. The number of ether oxygens (including phenoxy) is 1. The summed E-state index contributed by atoms with van der Waals surface area (Å²) in [4.78, 5) is 17.1. The van der Waals surface area contributed by atoms with E-state index in [-0.39, 0.29) is 10.5 Å². The van der Waals surface area contributed by atoms with Crippen LogP contribution in [0.5, 0.6) is 5.75 Å². The van der Waals surface area contributed by atoms with Crippen LogP contribution in [0.1, 0.15) is 56.0 Å². The molecule has 4 heterocycles. The van der Waals surface area contributed by atoms with Gasteiger partial charge >= 0.3 is 6.01 Å². The number of piperidine rings is 1. The molecule has 2 aromatic carbocycles. The van der Waals surface area contributed by atoms with Gasteiger partial charge in [-0.25, -0.2) is 23.1 Å². The fourth-order valence-corrected chi connectivity index (χ4v) is 6.66. The number of anilines is 2. The van der Waals surface area contributed by atoms with Gasteiger partial charge in [-0.1, -0.05) is 36.7 Å². The van der Waals surface area contributed by atoms with Gasteiger partial charge in [0.1, 0.15) is 5.82 Å². The average molecular weight is 718 g/mol. The Hall–Kier alpha value is -4.28. The first-order valence-electron chi connectivity index (χ1n) is 16.5. The third kappa shape index (κ3) is 9.28. The lowest BCUT2D eigenvalue weighted by Gasteiger charge is -2.33. The molecule has 50 heavy (non-hydrogen) atoms. The van der Waals surface area contributed by atoms with E-state index in [1.165, 1.54) is 12.1 Å². The zero-order valence-corrected chi connectivity index (χ0v) is 29.0. The summed E-state index contributed by atoms with van der Waals surface area (Å²) in [5.74, 6) is -0.796. The van der Waals surface area contributed by atoms with Crippen LogP contribution in [-0.4, -0.2) is 71.9 Å². The monoisotopic (exact) mass is 717 g/mol. The smallest absolute Gasteiger partial charge is 0.324 e. The highest BCUT2D eigenvalue weighted by Gasteiger charge is 2.35. The van der Waals surface area contributed by atoms with Crippen molar-refractivity contribution in [2.45, 2.75) is 63.3 Å². The first-order valence-corrected chi connectivity index (χ1v) is 18.0. The van der Waals surface area contributed by atoms with Crippen LogP contribution in [0.15, 0.2) is 58.2 Å². The highest BCUT2D eigenvalue weighted by Crippen LogP contribution is 2.32. The number of aromatic nitrogens is 4. The van der Waals surface area contributed by atoms with Gasteiger partial charge < -0.3 is 24.8 Å². The summed E-state index contributed by atoms with van der Waals surface area (Å²) < 4.78 is 82.2. The molecule has 0 radical (unpaired) electrons. The summed E-state index contributed by atoms with van der Waals surface area (Å²) in [6.45, 7) is 9.13. The lowest BCUT2D eigenvalue weighted by molar-refractivity contribution is 0.219. The van der Waals surface area contributed by atoms with Crippen LogP contribution >= 0.6 is 0 Å². The first-order chi connectivity index (χ1) is 23.8. The van der Waals surface area contributed by atoms with Crippen molar-refractivity contribution in [2.24, 2.45) is 17.6 Å². The summed E-state index contributed by atoms with van der Waals surface area (Å²) in [7, 11) is -4.02. The quantitative estimate of drug-likeness (QED) is 0.161. The zero-order chi connectivity index (χ0) is 36.0. The van der Waals surface area contributed by atoms with Crippen molar-refractivity contribution in [1.82, 2.24) is 20.1 Å². The normalized spacial score (nSPS) is 18.9. The minimum absolute atomic E-state index is 0.0592. The standard InChI is InChI=1S/C27H34F3N7O2.C7H8O3S/c1-3-25-34-27(39-35-25)36-7-4-17(5-8-36)16(2)6-9-38-18-12-32-26(33-13-18)37-14-20(24(31)15-37)19-10-22(29)23(30)11-21(19)28;1-6-2-4-7(5-3-6)11(8,9)10/h10-13,16-17,20,24H,3-9,14-15,31H2,1-2H3;2-5H,1H3,(H,8,9,10)/t16-,20+,24-;/m1./s1. The molecular weight excluding hydrogens is 675 g/mol. The molecule has 2 saturated heterocycles. The summed E-state index contributed by atoms with van der Waals surface area (Å²) in [6, 6.07) is 7.58. The Labute approximate surface area is 289 Å². The number of hydrogen-bond donors (Lipinski definition) is 2. The maximum atomic E-state index is 14.3. The second kappa shape index (κ2) is 16.2. The maximum Gasteiger partial charge on any atom is 0.324 e. The number of nitrogens with zero attached hydrogens (tertiary/aromatic N) is 6. The lowest BCUT2D eigenvalue weighted by Crippen LogP contribution is -2.36. The molecule has 2 aliphatic rings. The Morgan fingerprint density at radius 3 is 2.30 bits per heavy atom. The van der Waals surface area contributed by atoms with Crippen molar-refractivity contribution in [1.29, 1.82) is 0 Å². The molecule has 3 N–H and O–H groups in total. The van der Waals surface area contributed by atoms with Crippen molar-refractivity contribution in [2.75, 3.05) is 42.6 Å². The number of benzene rings is 2.